The van der Waals surface area contributed by atoms with Crippen LogP contribution in [-0.2, 0) is 23.1 Å². The molecule has 0 amide bonds. The second kappa shape index (κ2) is 28.7. The van der Waals surface area contributed by atoms with Crippen LogP contribution in [0.25, 0.3) is 0 Å². The molecule has 0 aromatic rings. The van der Waals surface area contributed by atoms with Gasteiger partial charge in [0.05, 0.1) is 7.11 Å². The minimum atomic E-state index is 0.680. The summed E-state index contributed by atoms with van der Waals surface area (Å²) >= 11 is 1.83. The van der Waals surface area contributed by atoms with E-state index in [0.717, 1.165) is 0 Å². The van der Waals surface area contributed by atoms with Crippen LogP contribution in [0.3, 0.4) is 0 Å². The molecular weight excluding hydrogens is 157 g/mol. The smallest absolute Gasteiger partial charge is 0.0662 e. The molecule has 0 aromatic carbocycles. The van der Waals surface area contributed by atoms with Crippen molar-refractivity contribution in [3.8, 4) is 0 Å². The minimum absolute atomic E-state index is 0.680. The van der Waals surface area contributed by atoms with E-state index in [1.807, 2.05) is 18.3 Å². The summed E-state index contributed by atoms with van der Waals surface area (Å²) in [4.78, 5) is 9.45. The predicted molar refractivity (Wildman–Crippen MR) is 14.0 cm³/mol. The van der Waals surface area contributed by atoms with Crippen molar-refractivity contribution in [1.29, 1.82) is 0 Å². The van der Waals surface area contributed by atoms with Crippen molar-refractivity contribution >= 4 is 4.88 Å². The normalized spacial score (nSPS) is 3.80. The maximum Gasteiger partial charge on any atom is 0.0662 e. The first-order valence-corrected chi connectivity index (χ1v) is 1.76. The van der Waals surface area contributed by atoms with Gasteiger partial charge in [0.15, 0.2) is 0 Å². The molecule has 0 atom stereocenters. The zero-order valence-corrected chi connectivity index (χ0v) is 4.23. The standard InChI is InChI=1S/CH3O.CHO.Ru/c2*1-2;/h2H,1H2;1H;. The summed E-state index contributed by atoms with van der Waals surface area (Å²) in [6, 6.07) is 0. The molecule has 0 bridgehead atoms. The summed E-state index contributed by atoms with van der Waals surface area (Å²) in [6.07, 6.45) is 0. The molecule has 0 fully saturated rings. The maximum absolute atomic E-state index is 8.77. The van der Waals surface area contributed by atoms with Crippen molar-refractivity contribution < 1.29 is 28.2 Å². The Bertz CT molecular complexity index is 15.1. The van der Waals surface area contributed by atoms with Crippen molar-refractivity contribution in [2.45, 2.75) is 0 Å². The number of hydrogen-bond donors (Lipinski definition) is 1. The summed E-state index contributed by atoms with van der Waals surface area (Å²) in [5.41, 5.74) is 0. The van der Waals surface area contributed by atoms with Crippen LogP contribution < -0.4 is 0 Å². The van der Waals surface area contributed by atoms with Gasteiger partial charge in [0.1, 0.15) is 0 Å². The van der Waals surface area contributed by atoms with Gasteiger partial charge in [-0.2, -0.15) is 0 Å². The molecule has 0 heterocycles. The second-order valence-electron chi connectivity index (χ2n) is 0.0833. The van der Waals surface area contributed by atoms with Crippen LogP contribution >= 0.6 is 0 Å². The first kappa shape index (κ1) is 8.98. The Balaban J connectivity index is 0. The third-order valence-electron chi connectivity index (χ3n) is 0. The number of carbonyl (C=O) groups excluding carboxylic acids is 1. The molecule has 0 rings (SSSR count). The molecule has 2 nitrogen and oxygen atoms in total. The van der Waals surface area contributed by atoms with Crippen LogP contribution in [0.5, 0.6) is 0 Å². The third kappa shape index (κ3) is 336. The van der Waals surface area contributed by atoms with Crippen LogP contribution in [0.15, 0.2) is 0 Å². The van der Waals surface area contributed by atoms with Crippen LogP contribution in [0.1, 0.15) is 0 Å². The topological polar surface area (TPSA) is 37.3 Å². The zero-order valence-electron chi connectivity index (χ0n) is 2.49. The minimum Gasteiger partial charge on any atom is -0.394 e. The van der Waals surface area contributed by atoms with Crippen molar-refractivity contribution in [3.05, 3.63) is 7.11 Å². The average Bonchev–Trinajstić information content (AvgIpc) is 1.46. The molecule has 1 N–H and O–H groups in total. The van der Waals surface area contributed by atoms with Gasteiger partial charge in [-0.15, -0.1) is 0 Å². The number of carbonyl (C=O) groups is 1. The van der Waals surface area contributed by atoms with Crippen molar-refractivity contribution in [1.82, 2.24) is 0 Å². The van der Waals surface area contributed by atoms with E-state index in [-0.39, 0.29) is 0 Å². The van der Waals surface area contributed by atoms with Crippen LogP contribution in [0.4, 0.5) is 0 Å². The van der Waals surface area contributed by atoms with E-state index < -0.39 is 0 Å². The molecule has 0 saturated carbocycles. The fraction of sp³-hybridized carbons (Fsp3) is 0. The Morgan fingerprint density at radius 1 is 1.80 bits per heavy atom. The number of aliphatic hydroxyl groups excluding tert-OH is 1. The molecule has 0 aliphatic carbocycles. The van der Waals surface area contributed by atoms with E-state index >= 15 is 0 Å². The number of hydrogen-bond acceptors (Lipinski definition) is 2. The van der Waals surface area contributed by atoms with Crippen LogP contribution in [-0.4, -0.2) is 9.99 Å². The Kier molecular flexibility index (Phi) is 51.5. The molecule has 0 spiro atoms. The van der Waals surface area contributed by atoms with E-state index in [1.165, 1.54) is 0 Å². The monoisotopic (exact) mass is 162 g/mol. The first-order valence-electron chi connectivity index (χ1n) is 0.756. The van der Waals surface area contributed by atoms with Gasteiger partial charge in [-0.3, -0.25) is 0 Å². The maximum atomic E-state index is 8.77. The van der Waals surface area contributed by atoms with Gasteiger partial charge in [-0.05, 0) is 0 Å². The van der Waals surface area contributed by atoms with Crippen molar-refractivity contribution in [2.24, 2.45) is 0 Å². The van der Waals surface area contributed by atoms with Crippen molar-refractivity contribution in [2.75, 3.05) is 0 Å². The summed E-state index contributed by atoms with van der Waals surface area (Å²) in [6.45, 7) is 0. The molecule has 0 aliphatic heterocycles. The van der Waals surface area contributed by atoms with Gasteiger partial charge in [0, 0.05) is 0 Å². The molecule has 0 aliphatic rings. The van der Waals surface area contributed by atoms with Gasteiger partial charge < -0.3 is 5.11 Å². The van der Waals surface area contributed by atoms with Gasteiger partial charge in [0.2, 0.25) is 0 Å². The molecule has 1 radical (unpaired) electrons. The van der Waals surface area contributed by atoms with Gasteiger partial charge in [0.25, 0.3) is 0 Å². The van der Waals surface area contributed by atoms with E-state index in [2.05, 4.69) is 7.11 Å². The molecule has 0 unspecified atom stereocenters. The van der Waals surface area contributed by atoms with Gasteiger partial charge in [-0.25, -0.2) is 0 Å². The Labute approximate surface area is 40.9 Å². The summed E-state index contributed by atoms with van der Waals surface area (Å²) in [5, 5.41) is 6.75. The summed E-state index contributed by atoms with van der Waals surface area (Å²) in [7, 11) is 2.25. The van der Waals surface area contributed by atoms with Crippen LogP contribution in [0, 0.1) is 7.11 Å². The fourth-order valence-corrected chi connectivity index (χ4v) is 0. The van der Waals surface area contributed by atoms with E-state index in [9.17, 15) is 0 Å². The zero-order chi connectivity index (χ0) is 4.71. The fourth-order valence-electron chi connectivity index (χ4n) is 0. The molecule has 3 heteroatoms. The largest absolute Gasteiger partial charge is 0.394 e. The quantitative estimate of drug-likeness (QED) is 0.397. The second-order valence-corrected chi connectivity index (χ2v) is 0.493. The SMILES string of the molecule is O=[CH][Ru].[CH2]O. The van der Waals surface area contributed by atoms with E-state index in [0.29, 0.717) is 4.88 Å². The number of rotatable bonds is 0. The predicted octanol–water partition coefficient (Wildman–Crippen LogP) is -0.126. The molecule has 5 heavy (non-hydrogen) atoms. The van der Waals surface area contributed by atoms with E-state index in [4.69, 9.17) is 9.90 Å². The summed E-state index contributed by atoms with van der Waals surface area (Å²) < 4.78 is 0. The molecule has 32 valence electrons. The first-order chi connectivity index (χ1) is 2.41. The van der Waals surface area contributed by atoms with Gasteiger partial charge in [-0.1, -0.05) is 0 Å². The Hall–Kier alpha value is 0.253. The average molecular weight is 161 g/mol. The molecular formula is C2H4O2Ru. The van der Waals surface area contributed by atoms with E-state index in [1.54, 1.807) is 0 Å². The molecule has 0 aromatic heterocycles. The number of aliphatic hydroxyl groups is 1. The Morgan fingerprint density at radius 2 is 1.80 bits per heavy atom. The van der Waals surface area contributed by atoms with Crippen molar-refractivity contribution in [3.63, 3.8) is 0 Å². The summed E-state index contributed by atoms with van der Waals surface area (Å²) in [5.74, 6) is 0. The van der Waals surface area contributed by atoms with Crippen LogP contribution in [0.2, 0.25) is 0 Å². The third-order valence-corrected chi connectivity index (χ3v) is 0. The molecule has 0 saturated heterocycles. The van der Waals surface area contributed by atoms with Gasteiger partial charge >= 0.3 is 28.0 Å². The Morgan fingerprint density at radius 3 is 1.80 bits per heavy atom.